The molecule has 0 saturated carbocycles. The summed E-state index contributed by atoms with van der Waals surface area (Å²) in [6, 6.07) is 0. The van der Waals surface area contributed by atoms with E-state index < -0.39 is 0 Å². The summed E-state index contributed by atoms with van der Waals surface area (Å²) in [6.45, 7) is 6.62. The van der Waals surface area contributed by atoms with Crippen molar-refractivity contribution in [1.29, 1.82) is 0 Å². The van der Waals surface area contributed by atoms with Gasteiger partial charge in [-0.05, 0) is 19.3 Å². The maximum Gasteiger partial charge on any atom is 0.187 e. The number of rotatable bonds is 10. The molecule has 0 aliphatic rings. The minimum atomic E-state index is -0.346. The van der Waals surface area contributed by atoms with E-state index in [0.29, 0.717) is 0 Å². The van der Waals surface area contributed by atoms with Crippen LogP contribution < -0.4 is 0 Å². The molecule has 16 heavy (non-hydrogen) atoms. The first-order chi connectivity index (χ1) is 7.18. The largest absolute Gasteiger partial charge is 0.390 e. The summed E-state index contributed by atoms with van der Waals surface area (Å²) in [5, 5.41) is 10.5. The second kappa shape index (κ2) is 12.0. The molecule has 0 unspecified atom stereocenters. The first-order valence-electron chi connectivity index (χ1n) is 6.91. The molecule has 0 heterocycles. The van der Waals surface area contributed by atoms with E-state index in [1.807, 2.05) is 0 Å². The monoisotopic (exact) mass is 244 g/mol. The van der Waals surface area contributed by atoms with Gasteiger partial charge in [0.15, 0.2) is 17.4 Å². The SMILES string of the molecule is CCCCCC(O)(CCCC)CCCC.[AlH3]. The van der Waals surface area contributed by atoms with Crippen LogP contribution in [0.25, 0.3) is 0 Å². The summed E-state index contributed by atoms with van der Waals surface area (Å²) in [5.41, 5.74) is -0.346. The summed E-state index contributed by atoms with van der Waals surface area (Å²) in [5.74, 6) is 0. The van der Waals surface area contributed by atoms with Crippen LogP contribution in [0.4, 0.5) is 0 Å². The van der Waals surface area contributed by atoms with Crippen LogP contribution in [0.2, 0.25) is 0 Å². The molecule has 0 amide bonds. The van der Waals surface area contributed by atoms with E-state index in [4.69, 9.17) is 0 Å². The third-order valence-electron chi connectivity index (χ3n) is 3.24. The van der Waals surface area contributed by atoms with Crippen LogP contribution in [0.3, 0.4) is 0 Å². The molecule has 0 atom stereocenters. The summed E-state index contributed by atoms with van der Waals surface area (Å²) < 4.78 is 0. The van der Waals surface area contributed by atoms with Crippen molar-refractivity contribution in [3.63, 3.8) is 0 Å². The Labute approximate surface area is 113 Å². The lowest BCUT2D eigenvalue weighted by Gasteiger charge is -2.28. The zero-order chi connectivity index (χ0) is 11.6. The van der Waals surface area contributed by atoms with E-state index in [2.05, 4.69) is 20.8 Å². The van der Waals surface area contributed by atoms with Crippen molar-refractivity contribution in [1.82, 2.24) is 0 Å². The second-order valence-electron chi connectivity index (χ2n) is 4.89. The molecule has 0 bridgehead atoms. The topological polar surface area (TPSA) is 20.2 Å². The quantitative estimate of drug-likeness (QED) is 0.461. The Kier molecular flexibility index (Phi) is 14.1. The van der Waals surface area contributed by atoms with E-state index in [1.165, 1.54) is 44.9 Å². The summed E-state index contributed by atoms with van der Waals surface area (Å²) in [7, 11) is 0. The fraction of sp³-hybridized carbons (Fsp3) is 1.00. The summed E-state index contributed by atoms with van der Waals surface area (Å²) in [6.07, 6.45) is 11.5. The lowest BCUT2D eigenvalue weighted by Crippen LogP contribution is -2.28. The molecule has 0 rings (SSSR count). The summed E-state index contributed by atoms with van der Waals surface area (Å²) >= 11 is 0. The van der Waals surface area contributed by atoms with Crippen molar-refractivity contribution in [2.45, 2.75) is 90.6 Å². The molecule has 98 valence electrons. The van der Waals surface area contributed by atoms with E-state index in [-0.39, 0.29) is 23.0 Å². The van der Waals surface area contributed by atoms with Crippen LogP contribution in [0.1, 0.15) is 85.0 Å². The lowest BCUT2D eigenvalue weighted by molar-refractivity contribution is 0.00799. The Bertz CT molecular complexity index is 129. The lowest BCUT2D eigenvalue weighted by atomic mass is 9.86. The van der Waals surface area contributed by atoms with Crippen molar-refractivity contribution >= 4 is 17.4 Å². The van der Waals surface area contributed by atoms with Crippen LogP contribution in [-0.2, 0) is 0 Å². The van der Waals surface area contributed by atoms with Crippen molar-refractivity contribution in [2.24, 2.45) is 0 Å². The van der Waals surface area contributed by atoms with Crippen LogP contribution in [0.5, 0.6) is 0 Å². The fourth-order valence-electron chi connectivity index (χ4n) is 2.09. The van der Waals surface area contributed by atoms with Gasteiger partial charge in [0.25, 0.3) is 0 Å². The normalized spacial score (nSPS) is 11.2. The molecule has 0 aliphatic heterocycles. The Morgan fingerprint density at radius 2 is 1.06 bits per heavy atom. The smallest absolute Gasteiger partial charge is 0.187 e. The van der Waals surface area contributed by atoms with Crippen LogP contribution in [-0.4, -0.2) is 28.1 Å². The molecule has 0 aromatic carbocycles. The summed E-state index contributed by atoms with van der Waals surface area (Å²) in [4.78, 5) is 0. The predicted octanol–water partition coefficient (Wildman–Crippen LogP) is 3.49. The standard InChI is InChI=1S/C14H30O.Al.3H/c1-4-7-10-13-14(15,11-8-5-2)12-9-6-3;;;;/h15H,4-13H2,1-3H3;;;;. The molecular formula is C14H33AlO. The third-order valence-corrected chi connectivity index (χ3v) is 3.24. The van der Waals surface area contributed by atoms with Crippen LogP contribution >= 0.6 is 0 Å². The highest BCUT2D eigenvalue weighted by Crippen LogP contribution is 2.27. The maximum atomic E-state index is 10.5. The first-order valence-corrected chi connectivity index (χ1v) is 6.91. The van der Waals surface area contributed by atoms with Gasteiger partial charge in [0.05, 0.1) is 5.60 Å². The Morgan fingerprint density at radius 1 is 0.688 bits per heavy atom. The molecule has 1 nitrogen and oxygen atoms in total. The van der Waals surface area contributed by atoms with Gasteiger partial charge in [-0.2, -0.15) is 0 Å². The molecule has 0 radical (unpaired) electrons. The van der Waals surface area contributed by atoms with E-state index in [1.54, 1.807) is 0 Å². The Balaban J connectivity index is 0. The molecule has 0 aliphatic carbocycles. The molecule has 0 aromatic heterocycles. The van der Waals surface area contributed by atoms with Gasteiger partial charge in [-0.1, -0.05) is 65.7 Å². The zero-order valence-corrected chi connectivity index (χ0v) is 11.0. The van der Waals surface area contributed by atoms with Crippen LogP contribution in [0.15, 0.2) is 0 Å². The average molecular weight is 244 g/mol. The van der Waals surface area contributed by atoms with Gasteiger partial charge < -0.3 is 5.11 Å². The van der Waals surface area contributed by atoms with E-state index >= 15 is 0 Å². The number of unbranched alkanes of at least 4 members (excludes halogenated alkanes) is 4. The number of hydrogen-bond donors (Lipinski definition) is 1. The second-order valence-corrected chi connectivity index (χ2v) is 4.89. The first kappa shape index (κ1) is 18.8. The molecule has 2 heteroatoms. The van der Waals surface area contributed by atoms with E-state index in [0.717, 1.165) is 19.3 Å². The maximum absolute atomic E-state index is 10.5. The minimum Gasteiger partial charge on any atom is -0.390 e. The van der Waals surface area contributed by atoms with Gasteiger partial charge in [-0.15, -0.1) is 0 Å². The average Bonchev–Trinajstić information content (AvgIpc) is 2.24. The van der Waals surface area contributed by atoms with E-state index in [9.17, 15) is 5.11 Å². The molecule has 0 fully saturated rings. The number of aliphatic hydroxyl groups is 1. The van der Waals surface area contributed by atoms with Gasteiger partial charge >= 0.3 is 0 Å². The van der Waals surface area contributed by atoms with Crippen molar-refractivity contribution in [3.05, 3.63) is 0 Å². The number of hydrogen-bond acceptors (Lipinski definition) is 1. The highest BCUT2D eigenvalue weighted by Gasteiger charge is 2.24. The zero-order valence-electron chi connectivity index (χ0n) is 11.0. The highest BCUT2D eigenvalue weighted by molar-refractivity contribution is 5.75. The van der Waals surface area contributed by atoms with Crippen LogP contribution in [0, 0.1) is 0 Å². The third kappa shape index (κ3) is 9.70. The van der Waals surface area contributed by atoms with Crippen molar-refractivity contribution < 1.29 is 5.11 Å². The van der Waals surface area contributed by atoms with Gasteiger partial charge in [-0.25, -0.2) is 0 Å². The minimum absolute atomic E-state index is 0. The molecule has 1 N–H and O–H groups in total. The van der Waals surface area contributed by atoms with Crippen molar-refractivity contribution in [3.8, 4) is 0 Å². The van der Waals surface area contributed by atoms with Gasteiger partial charge in [0, 0.05) is 0 Å². The molecule has 0 saturated heterocycles. The van der Waals surface area contributed by atoms with Gasteiger partial charge in [0.1, 0.15) is 0 Å². The van der Waals surface area contributed by atoms with Gasteiger partial charge in [0.2, 0.25) is 0 Å². The molecule has 0 aromatic rings. The fourth-order valence-corrected chi connectivity index (χ4v) is 2.09. The Morgan fingerprint density at radius 3 is 1.44 bits per heavy atom. The predicted molar refractivity (Wildman–Crippen MR) is 78.1 cm³/mol. The van der Waals surface area contributed by atoms with Crippen molar-refractivity contribution in [2.75, 3.05) is 0 Å². The highest BCUT2D eigenvalue weighted by atomic mass is 27.0. The molecular weight excluding hydrogens is 211 g/mol. The van der Waals surface area contributed by atoms with Gasteiger partial charge in [-0.3, -0.25) is 0 Å². The Hall–Kier alpha value is 0.492. The molecule has 0 spiro atoms.